The molecule has 0 spiro atoms. The van der Waals surface area contributed by atoms with Gasteiger partial charge in [0.1, 0.15) is 0 Å². The quantitative estimate of drug-likeness (QED) is 0.702. The van der Waals surface area contributed by atoms with Crippen molar-refractivity contribution in [3.63, 3.8) is 0 Å². The molecule has 0 bridgehead atoms. The molecule has 1 aromatic carbocycles. The number of carbonyl (C=O) groups excluding carboxylic acids is 2. The minimum absolute atomic E-state index is 0.342. The van der Waals surface area contributed by atoms with E-state index >= 15 is 0 Å². The van der Waals surface area contributed by atoms with Crippen LogP contribution in [0.5, 0.6) is 0 Å². The van der Waals surface area contributed by atoms with E-state index in [1.165, 1.54) is 5.01 Å². The molecule has 1 aromatic rings. The summed E-state index contributed by atoms with van der Waals surface area (Å²) in [5.41, 5.74) is 0.906. The van der Waals surface area contributed by atoms with E-state index in [0.717, 1.165) is 10.5 Å². The molecule has 0 unspecified atom stereocenters. The molecule has 0 aromatic heterocycles. The molecular formula is C11H10N3O2. The number of imide groups is 1. The van der Waals surface area contributed by atoms with Crippen molar-refractivity contribution in [1.82, 2.24) is 9.91 Å². The predicted molar refractivity (Wildman–Crippen MR) is 58.5 cm³/mol. The maximum atomic E-state index is 11.4. The largest absolute Gasteiger partial charge is 0.347 e. The molecule has 1 radical (unpaired) electrons. The first kappa shape index (κ1) is 10.4. The van der Waals surface area contributed by atoms with Crippen LogP contribution in [0.4, 0.5) is 4.79 Å². The molecule has 0 N–H and O–H groups in total. The molecule has 0 atom stereocenters. The number of rotatable bonds is 3. The van der Waals surface area contributed by atoms with Gasteiger partial charge < -0.3 is 0 Å². The van der Waals surface area contributed by atoms with E-state index in [9.17, 15) is 9.59 Å². The number of hydrazone groups is 1. The molecule has 0 saturated carbocycles. The molecular weight excluding hydrogens is 206 g/mol. The summed E-state index contributed by atoms with van der Waals surface area (Å²) >= 11 is 0. The van der Waals surface area contributed by atoms with Crippen molar-refractivity contribution in [1.29, 1.82) is 0 Å². The zero-order valence-corrected chi connectivity index (χ0v) is 8.54. The van der Waals surface area contributed by atoms with Crippen LogP contribution < -0.4 is 0 Å². The number of nitrogens with zero attached hydrogens (tertiary/aromatic N) is 3. The second kappa shape index (κ2) is 4.57. The number of urea groups is 1. The van der Waals surface area contributed by atoms with Gasteiger partial charge in [0.05, 0.1) is 19.3 Å². The van der Waals surface area contributed by atoms with E-state index in [4.69, 9.17) is 0 Å². The van der Waals surface area contributed by atoms with Gasteiger partial charge in [0.25, 0.3) is 0 Å². The first-order chi connectivity index (χ1) is 7.81. The summed E-state index contributed by atoms with van der Waals surface area (Å²) in [6.07, 6.45) is 3.15. The van der Waals surface area contributed by atoms with Crippen molar-refractivity contribution < 1.29 is 9.59 Å². The number of carbonyl (C=O) groups is 1. The Labute approximate surface area is 93.0 Å². The van der Waals surface area contributed by atoms with Crippen LogP contribution in [0, 0.1) is 0 Å². The van der Waals surface area contributed by atoms with Gasteiger partial charge in [-0.1, -0.05) is 30.3 Å². The van der Waals surface area contributed by atoms with E-state index in [1.807, 2.05) is 30.3 Å². The SMILES string of the molecule is O=[C]N1CCN(N=Cc2ccccc2)C1=O. The lowest BCUT2D eigenvalue weighted by Gasteiger charge is -2.07. The fourth-order valence-electron chi connectivity index (χ4n) is 1.39. The second-order valence-corrected chi connectivity index (χ2v) is 3.30. The highest BCUT2D eigenvalue weighted by atomic mass is 16.2. The van der Waals surface area contributed by atoms with Crippen LogP contribution in [0.25, 0.3) is 0 Å². The monoisotopic (exact) mass is 216 g/mol. The van der Waals surface area contributed by atoms with Crippen LogP contribution in [-0.2, 0) is 4.79 Å². The Morgan fingerprint density at radius 3 is 2.62 bits per heavy atom. The summed E-state index contributed by atoms with van der Waals surface area (Å²) in [6.45, 7) is 0.756. The van der Waals surface area contributed by atoms with Crippen molar-refractivity contribution in [2.45, 2.75) is 0 Å². The van der Waals surface area contributed by atoms with Crippen LogP contribution in [0.2, 0.25) is 0 Å². The van der Waals surface area contributed by atoms with Gasteiger partial charge in [-0.3, -0.25) is 9.69 Å². The third-order valence-corrected chi connectivity index (χ3v) is 2.24. The zero-order chi connectivity index (χ0) is 11.4. The van der Waals surface area contributed by atoms with Gasteiger partial charge in [0, 0.05) is 0 Å². The highest BCUT2D eigenvalue weighted by molar-refractivity contribution is 5.88. The molecule has 1 aliphatic heterocycles. The Kier molecular flexibility index (Phi) is 2.95. The van der Waals surface area contributed by atoms with Gasteiger partial charge in [0.15, 0.2) is 0 Å². The number of hydrogen-bond acceptors (Lipinski definition) is 3. The van der Waals surface area contributed by atoms with Gasteiger partial charge in [-0.25, -0.2) is 9.80 Å². The summed E-state index contributed by atoms with van der Waals surface area (Å²) in [4.78, 5) is 22.7. The van der Waals surface area contributed by atoms with Crippen molar-refractivity contribution >= 4 is 18.7 Å². The maximum absolute atomic E-state index is 11.4. The van der Waals surface area contributed by atoms with E-state index in [1.54, 1.807) is 12.6 Å². The average Bonchev–Trinajstić information content (AvgIpc) is 2.69. The molecule has 81 valence electrons. The highest BCUT2D eigenvalue weighted by Crippen LogP contribution is 2.06. The molecule has 1 aliphatic rings. The summed E-state index contributed by atoms with van der Waals surface area (Å²) in [5, 5.41) is 5.26. The second-order valence-electron chi connectivity index (χ2n) is 3.30. The maximum Gasteiger partial charge on any atom is 0.347 e. The predicted octanol–water partition coefficient (Wildman–Crippen LogP) is 0.825. The molecule has 2 rings (SSSR count). The van der Waals surface area contributed by atoms with Crippen LogP contribution in [0.3, 0.4) is 0 Å². The van der Waals surface area contributed by atoms with Crippen molar-refractivity contribution in [2.75, 3.05) is 13.1 Å². The van der Waals surface area contributed by atoms with Crippen LogP contribution in [-0.4, -0.2) is 41.7 Å². The van der Waals surface area contributed by atoms with Crippen molar-refractivity contribution in [3.05, 3.63) is 35.9 Å². The average molecular weight is 216 g/mol. The van der Waals surface area contributed by atoms with Crippen LogP contribution in [0.1, 0.15) is 5.56 Å². The molecule has 1 fully saturated rings. The Morgan fingerprint density at radius 2 is 2.00 bits per heavy atom. The highest BCUT2D eigenvalue weighted by Gasteiger charge is 2.28. The third-order valence-electron chi connectivity index (χ3n) is 2.24. The summed E-state index contributed by atoms with van der Waals surface area (Å²) in [7, 11) is 0. The molecule has 1 saturated heterocycles. The van der Waals surface area contributed by atoms with E-state index in [2.05, 4.69) is 5.10 Å². The Hall–Kier alpha value is -2.17. The molecule has 16 heavy (non-hydrogen) atoms. The fourth-order valence-corrected chi connectivity index (χ4v) is 1.39. The van der Waals surface area contributed by atoms with Crippen LogP contribution in [0.15, 0.2) is 35.4 Å². The van der Waals surface area contributed by atoms with Gasteiger partial charge >= 0.3 is 12.4 Å². The molecule has 5 heteroatoms. The third kappa shape index (κ3) is 2.08. The summed E-state index contributed by atoms with van der Waals surface area (Å²) in [6, 6.07) is 9.02. The van der Waals surface area contributed by atoms with Crippen molar-refractivity contribution in [3.8, 4) is 0 Å². The lowest BCUT2D eigenvalue weighted by molar-refractivity contribution is 0.206. The normalized spacial score (nSPS) is 16.1. The number of hydrogen-bond donors (Lipinski definition) is 0. The number of benzene rings is 1. The topological polar surface area (TPSA) is 53.0 Å². The smallest absolute Gasteiger partial charge is 0.263 e. The molecule has 1 heterocycles. The zero-order valence-electron chi connectivity index (χ0n) is 8.54. The first-order valence-corrected chi connectivity index (χ1v) is 4.87. The van der Waals surface area contributed by atoms with Gasteiger partial charge in [-0.15, -0.1) is 0 Å². The van der Waals surface area contributed by atoms with Gasteiger partial charge in [-0.2, -0.15) is 5.10 Å². The minimum atomic E-state index is -0.429. The van der Waals surface area contributed by atoms with Crippen molar-refractivity contribution in [2.24, 2.45) is 5.10 Å². The Balaban J connectivity index is 2.04. The first-order valence-electron chi connectivity index (χ1n) is 4.87. The standard InChI is InChI=1S/C11H10N3O2/c15-9-13-6-7-14(11(13)16)12-8-10-4-2-1-3-5-10/h1-5,8H,6-7H2. The Morgan fingerprint density at radius 1 is 1.25 bits per heavy atom. The van der Waals surface area contributed by atoms with E-state index < -0.39 is 6.03 Å². The lowest BCUT2D eigenvalue weighted by Crippen LogP contribution is -2.27. The van der Waals surface area contributed by atoms with Gasteiger partial charge in [-0.05, 0) is 5.56 Å². The molecule has 3 amide bonds. The summed E-state index contributed by atoms with van der Waals surface area (Å²) in [5.74, 6) is 0. The van der Waals surface area contributed by atoms with Gasteiger partial charge in [0.2, 0.25) is 0 Å². The van der Waals surface area contributed by atoms with E-state index in [0.29, 0.717) is 13.1 Å². The molecule has 5 nitrogen and oxygen atoms in total. The lowest BCUT2D eigenvalue weighted by atomic mass is 10.2. The fraction of sp³-hybridized carbons (Fsp3) is 0.182. The van der Waals surface area contributed by atoms with Crippen LogP contribution >= 0.6 is 0 Å². The summed E-state index contributed by atoms with van der Waals surface area (Å²) < 4.78 is 0. The number of amides is 3. The van der Waals surface area contributed by atoms with E-state index in [-0.39, 0.29) is 0 Å². The Bertz CT molecular complexity index is 416. The molecule has 0 aliphatic carbocycles. The minimum Gasteiger partial charge on any atom is -0.263 e.